The molecule has 0 aromatic heterocycles. The number of ether oxygens (including phenoxy) is 1. The summed E-state index contributed by atoms with van der Waals surface area (Å²) in [6, 6.07) is 36.2. The van der Waals surface area contributed by atoms with Crippen molar-refractivity contribution in [3.8, 4) is 11.5 Å². The number of carbonyl (C=O) groups is 4. The highest BCUT2D eigenvalue weighted by molar-refractivity contribution is 6.05. The van der Waals surface area contributed by atoms with Gasteiger partial charge in [0, 0.05) is 62.7 Å². The lowest BCUT2D eigenvalue weighted by Crippen LogP contribution is -2.53. The van der Waals surface area contributed by atoms with E-state index in [1.165, 1.54) is 22.3 Å². The van der Waals surface area contributed by atoms with E-state index in [0.29, 0.717) is 48.8 Å². The molecule has 2 fully saturated rings. The molecule has 58 heavy (non-hydrogen) atoms. The van der Waals surface area contributed by atoms with Crippen LogP contribution in [0.2, 0.25) is 0 Å². The SMILES string of the molecule is O=C1CCC(N2Cc3cc4c(cc3C2=O)CN(C(=O)c2ccc(CN3CC(Oc5ccc([C@@H]6c7ccc(O)cc7CC[C@@H]6c6ccccc6)cc5)C3)cc2)C4)C(=O)N1. The number of imide groups is 1. The lowest BCUT2D eigenvalue weighted by atomic mass is 9.69. The molecule has 5 aromatic rings. The van der Waals surface area contributed by atoms with Crippen LogP contribution in [0.3, 0.4) is 0 Å². The van der Waals surface area contributed by atoms with Crippen LogP contribution in [0.15, 0.2) is 109 Å². The topological polar surface area (TPSA) is 119 Å². The summed E-state index contributed by atoms with van der Waals surface area (Å²) in [5, 5.41) is 12.5. The van der Waals surface area contributed by atoms with E-state index in [1.54, 1.807) is 11.0 Å². The van der Waals surface area contributed by atoms with Crippen molar-refractivity contribution in [2.24, 2.45) is 0 Å². The molecule has 10 nitrogen and oxygen atoms in total. The first-order chi connectivity index (χ1) is 28.2. The molecule has 2 N–H and O–H groups in total. The summed E-state index contributed by atoms with van der Waals surface area (Å²) in [6.07, 6.45) is 2.63. The average Bonchev–Trinajstić information content (AvgIpc) is 3.79. The Hall–Kier alpha value is -6.26. The van der Waals surface area contributed by atoms with Crippen molar-refractivity contribution in [3.05, 3.63) is 165 Å². The van der Waals surface area contributed by atoms with Crippen LogP contribution in [0.1, 0.15) is 96.3 Å². The van der Waals surface area contributed by atoms with Crippen LogP contribution in [0.25, 0.3) is 0 Å². The third-order valence-electron chi connectivity index (χ3n) is 12.7. The van der Waals surface area contributed by atoms with Gasteiger partial charge in [0.05, 0.1) is 0 Å². The van der Waals surface area contributed by atoms with Gasteiger partial charge >= 0.3 is 0 Å². The number of nitrogens with one attached hydrogen (secondary N) is 1. The number of hydrogen-bond acceptors (Lipinski definition) is 7. The molecule has 4 aliphatic heterocycles. The van der Waals surface area contributed by atoms with Gasteiger partial charge in [0.2, 0.25) is 11.8 Å². The minimum Gasteiger partial charge on any atom is -0.508 e. The highest BCUT2D eigenvalue weighted by atomic mass is 16.5. The predicted octanol–water partition coefficient (Wildman–Crippen LogP) is 6.43. The van der Waals surface area contributed by atoms with Crippen molar-refractivity contribution in [2.75, 3.05) is 13.1 Å². The van der Waals surface area contributed by atoms with Crippen molar-refractivity contribution in [2.45, 2.75) is 75.8 Å². The smallest absolute Gasteiger partial charge is 0.255 e. The lowest BCUT2D eigenvalue weighted by molar-refractivity contribution is -0.136. The number of likely N-dealkylation sites (tertiary alicyclic amines) is 1. The first-order valence-corrected chi connectivity index (χ1v) is 20.3. The standard InChI is InChI=1S/C48H44N4O6/c53-37-13-17-41-33(21-37)12-16-40(30-4-2-1-3-5-30)45(41)31-10-14-38(15-11-31)58-39-27-50(28-39)23-29-6-8-32(9-7-29)47(56)51-24-34-20-36-26-52(43-18-19-44(54)49-46(43)55)48(57)42(36)22-35(34)25-51/h1-11,13-15,17,20-22,39-40,43,45,53H,12,16,18-19,23-28H2,(H,49,54,55)/t40-,43?,45+/m1/s1. The number of fused-ring (bicyclic) bond motifs is 3. The van der Waals surface area contributed by atoms with Crippen LogP contribution < -0.4 is 10.1 Å². The van der Waals surface area contributed by atoms with Crippen molar-refractivity contribution in [1.82, 2.24) is 20.0 Å². The minimum atomic E-state index is -0.646. The van der Waals surface area contributed by atoms with Gasteiger partial charge in [-0.25, -0.2) is 0 Å². The monoisotopic (exact) mass is 772 g/mol. The maximum Gasteiger partial charge on any atom is 0.255 e. The molecule has 4 amide bonds. The second-order valence-electron chi connectivity index (χ2n) is 16.5. The molecule has 1 aliphatic carbocycles. The van der Waals surface area contributed by atoms with Gasteiger partial charge in [0.1, 0.15) is 23.6 Å². The molecule has 5 aliphatic rings. The summed E-state index contributed by atoms with van der Waals surface area (Å²) >= 11 is 0. The number of phenols is 1. The fraction of sp³-hybridized carbons (Fsp3) is 0.292. The zero-order valence-electron chi connectivity index (χ0n) is 32.1. The fourth-order valence-corrected chi connectivity index (χ4v) is 9.76. The molecular weight excluding hydrogens is 729 g/mol. The summed E-state index contributed by atoms with van der Waals surface area (Å²) < 4.78 is 6.39. The molecule has 3 atom stereocenters. The Kier molecular flexibility index (Phi) is 9.09. The fourth-order valence-electron chi connectivity index (χ4n) is 9.76. The van der Waals surface area contributed by atoms with Gasteiger partial charge in [0.15, 0.2) is 0 Å². The molecular formula is C48H44N4O6. The Balaban J connectivity index is 0.724. The molecule has 10 rings (SSSR count). The van der Waals surface area contributed by atoms with Crippen LogP contribution in [0, 0.1) is 0 Å². The second-order valence-corrected chi connectivity index (χ2v) is 16.5. The normalized spacial score (nSPS) is 21.6. The van der Waals surface area contributed by atoms with Crippen molar-refractivity contribution < 1.29 is 29.0 Å². The maximum absolute atomic E-state index is 13.6. The summed E-state index contributed by atoms with van der Waals surface area (Å²) in [6.45, 7) is 3.61. The van der Waals surface area contributed by atoms with Gasteiger partial charge in [0.25, 0.3) is 11.8 Å². The molecule has 0 spiro atoms. The maximum atomic E-state index is 13.6. The third kappa shape index (κ3) is 6.71. The molecule has 1 unspecified atom stereocenters. The Morgan fingerprint density at radius 3 is 2.26 bits per heavy atom. The van der Waals surface area contributed by atoms with Gasteiger partial charge < -0.3 is 19.6 Å². The summed E-state index contributed by atoms with van der Waals surface area (Å²) in [5.41, 5.74) is 10.2. The Labute approximate surface area is 337 Å². The Morgan fingerprint density at radius 2 is 1.50 bits per heavy atom. The number of aromatic hydroxyl groups is 1. The number of hydrogen-bond donors (Lipinski definition) is 2. The molecule has 292 valence electrons. The molecule has 0 radical (unpaired) electrons. The van der Waals surface area contributed by atoms with Crippen LogP contribution in [0.5, 0.6) is 11.5 Å². The number of aryl methyl sites for hydroxylation is 1. The van der Waals surface area contributed by atoms with E-state index < -0.39 is 11.9 Å². The first-order valence-electron chi connectivity index (χ1n) is 20.3. The number of carbonyl (C=O) groups excluding carboxylic acids is 4. The van der Waals surface area contributed by atoms with E-state index in [9.17, 15) is 24.3 Å². The van der Waals surface area contributed by atoms with Crippen LogP contribution >= 0.6 is 0 Å². The molecule has 2 saturated heterocycles. The van der Waals surface area contributed by atoms with Crippen LogP contribution in [-0.2, 0) is 42.2 Å². The number of rotatable bonds is 8. The second kappa shape index (κ2) is 14.6. The number of piperidine rings is 1. The van der Waals surface area contributed by atoms with Gasteiger partial charge in [-0.15, -0.1) is 0 Å². The van der Waals surface area contributed by atoms with E-state index in [1.807, 2.05) is 47.4 Å². The number of phenolic OH excluding ortho intramolecular Hbond substituents is 1. The van der Waals surface area contributed by atoms with E-state index in [0.717, 1.165) is 60.5 Å². The third-order valence-corrected chi connectivity index (χ3v) is 12.7. The van der Waals surface area contributed by atoms with Gasteiger partial charge in [-0.05, 0) is 112 Å². The number of amides is 4. The van der Waals surface area contributed by atoms with Gasteiger partial charge in [-0.3, -0.25) is 29.4 Å². The summed E-state index contributed by atoms with van der Waals surface area (Å²) in [7, 11) is 0. The zero-order valence-corrected chi connectivity index (χ0v) is 32.1. The van der Waals surface area contributed by atoms with Gasteiger partial charge in [-0.1, -0.05) is 66.7 Å². The highest BCUT2D eigenvalue weighted by Gasteiger charge is 2.40. The molecule has 4 heterocycles. The number of nitrogens with zero attached hydrogens (tertiary/aromatic N) is 3. The minimum absolute atomic E-state index is 0.0505. The first kappa shape index (κ1) is 36.1. The average molecular weight is 773 g/mol. The van der Waals surface area contributed by atoms with E-state index in [-0.39, 0.29) is 36.2 Å². The van der Waals surface area contributed by atoms with E-state index >= 15 is 0 Å². The molecule has 5 aromatic carbocycles. The Bertz CT molecular complexity index is 2440. The van der Waals surface area contributed by atoms with E-state index in [4.69, 9.17) is 4.74 Å². The lowest BCUT2D eigenvalue weighted by Gasteiger charge is -2.39. The van der Waals surface area contributed by atoms with Crippen molar-refractivity contribution >= 4 is 23.6 Å². The quantitative estimate of drug-likeness (QED) is 0.175. The molecule has 0 saturated carbocycles. The van der Waals surface area contributed by atoms with Crippen molar-refractivity contribution in [1.29, 1.82) is 0 Å². The van der Waals surface area contributed by atoms with Gasteiger partial charge in [-0.2, -0.15) is 0 Å². The predicted molar refractivity (Wildman–Crippen MR) is 216 cm³/mol. The molecule has 10 heteroatoms. The Morgan fingerprint density at radius 1 is 0.741 bits per heavy atom. The zero-order chi connectivity index (χ0) is 39.5. The largest absolute Gasteiger partial charge is 0.508 e. The van der Waals surface area contributed by atoms with E-state index in [2.05, 4.69) is 70.9 Å². The van der Waals surface area contributed by atoms with Crippen LogP contribution in [0.4, 0.5) is 0 Å². The highest BCUT2D eigenvalue weighted by Crippen LogP contribution is 2.47. The van der Waals surface area contributed by atoms with Crippen LogP contribution in [-0.4, -0.2) is 68.7 Å². The molecule has 0 bridgehead atoms. The summed E-state index contributed by atoms with van der Waals surface area (Å²) in [4.78, 5) is 56.7. The van der Waals surface area contributed by atoms with Crippen molar-refractivity contribution in [3.63, 3.8) is 0 Å². The summed E-state index contributed by atoms with van der Waals surface area (Å²) in [5.74, 6) is 0.756. The number of benzene rings is 5.